The fourth-order valence-electron chi connectivity index (χ4n) is 3.75. The first-order chi connectivity index (χ1) is 12.7. The zero-order chi connectivity index (χ0) is 18.1. The highest BCUT2D eigenvalue weighted by Crippen LogP contribution is 2.31. The van der Waals surface area contributed by atoms with Crippen molar-refractivity contribution in [2.45, 2.75) is 25.8 Å². The standard InChI is InChI=1S/C20H22N4O2/c1-3-24-18(22-16-8-6-11-21-19(16)24)14-10-12-23(13-14)20(25)15-7-4-5-9-17(15)26-2/h4-9,11,14H,3,10,12-13H2,1-2H3. The lowest BCUT2D eigenvalue weighted by molar-refractivity contribution is 0.0787. The molecule has 3 aromatic rings. The lowest BCUT2D eigenvalue weighted by Gasteiger charge is -2.18. The van der Waals surface area contributed by atoms with E-state index in [0.29, 0.717) is 17.9 Å². The summed E-state index contributed by atoms with van der Waals surface area (Å²) in [5.74, 6) is 1.88. The van der Waals surface area contributed by atoms with Gasteiger partial charge in [-0.1, -0.05) is 12.1 Å². The van der Waals surface area contributed by atoms with Crippen LogP contribution in [-0.4, -0.2) is 45.5 Å². The highest BCUT2D eigenvalue weighted by Gasteiger charge is 2.32. The van der Waals surface area contributed by atoms with Gasteiger partial charge in [-0.25, -0.2) is 9.97 Å². The van der Waals surface area contributed by atoms with Gasteiger partial charge in [0.15, 0.2) is 5.65 Å². The second-order valence-electron chi connectivity index (χ2n) is 6.50. The Bertz CT molecular complexity index is 950. The van der Waals surface area contributed by atoms with Crippen LogP contribution in [0.25, 0.3) is 11.2 Å². The molecule has 6 nitrogen and oxygen atoms in total. The average Bonchev–Trinajstić information content (AvgIpc) is 3.31. The highest BCUT2D eigenvalue weighted by atomic mass is 16.5. The first kappa shape index (κ1) is 16.6. The number of fused-ring (bicyclic) bond motifs is 1. The number of ether oxygens (including phenoxy) is 1. The predicted molar refractivity (Wildman–Crippen MR) is 99.5 cm³/mol. The predicted octanol–water partition coefficient (Wildman–Crippen LogP) is 3.09. The van der Waals surface area contributed by atoms with Crippen molar-refractivity contribution in [3.63, 3.8) is 0 Å². The molecule has 0 bridgehead atoms. The van der Waals surface area contributed by atoms with Crippen molar-refractivity contribution in [3.05, 3.63) is 54.0 Å². The Labute approximate surface area is 152 Å². The third kappa shape index (κ3) is 2.71. The number of hydrogen-bond acceptors (Lipinski definition) is 4. The van der Waals surface area contributed by atoms with E-state index in [-0.39, 0.29) is 11.8 Å². The zero-order valence-electron chi connectivity index (χ0n) is 15.1. The lowest BCUT2D eigenvalue weighted by atomic mass is 10.1. The molecule has 0 saturated carbocycles. The van der Waals surface area contributed by atoms with Crippen molar-refractivity contribution in [2.24, 2.45) is 0 Å². The van der Waals surface area contributed by atoms with Gasteiger partial charge in [-0.05, 0) is 37.6 Å². The largest absolute Gasteiger partial charge is 0.496 e. The van der Waals surface area contributed by atoms with Crippen LogP contribution in [0.1, 0.15) is 35.4 Å². The molecule has 6 heteroatoms. The van der Waals surface area contributed by atoms with Gasteiger partial charge >= 0.3 is 0 Å². The molecule has 1 aliphatic rings. The SMILES string of the molecule is CCn1c(C2CCN(C(=O)c3ccccc3OC)C2)nc2cccnc21. The normalized spacial score (nSPS) is 17.0. The fraction of sp³-hybridized carbons (Fsp3) is 0.350. The first-order valence-corrected chi connectivity index (χ1v) is 8.96. The van der Waals surface area contributed by atoms with Gasteiger partial charge in [0.2, 0.25) is 0 Å². The van der Waals surface area contributed by atoms with Crippen molar-refractivity contribution in [1.29, 1.82) is 0 Å². The fourth-order valence-corrected chi connectivity index (χ4v) is 3.75. The van der Waals surface area contributed by atoms with Crippen molar-refractivity contribution >= 4 is 17.1 Å². The summed E-state index contributed by atoms with van der Waals surface area (Å²) in [6.45, 7) is 4.31. The number of para-hydroxylation sites is 1. The lowest BCUT2D eigenvalue weighted by Crippen LogP contribution is -2.29. The van der Waals surface area contributed by atoms with Crippen LogP contribution < -0.4 is 4.74 Å². The van der Waals surface area contributed by atoms with Crippen LogP contribution in [0.4, 0.5) is 0 Å². The van der Waals surface area contributed by atoms with Crippen molar-refractivity contribution < 1.29 is 9.53 Å². The van der Waals surface area contributed by atoms with E-state index in [4.69, 9.17) is 9.72 Å². The Morgan fingerprint density at radius 2 is 2.12 bits per heavy atom. The smallest absolute Gasteiger partial charge is 0.257 e. The third-order valence-electron chi connectivity index (χ3n) is 5.03. The maximum Gasteiger partial charge on any atom is 0.257 e. The van der Waals surface area contributed by atoms with Crippen LogP contribution in [0.3, 0.4) is 0 Å². The molecule has 1 aromatic carbocycles. The minimum absolute atomic E-state index is 0.0160. The number of aryl methyl sites for hydroxylation is 1. The van der Waals surface area contributed by atoms with E-state index in [0.717, 1.165) is 36.5 Å². The summed E-state index contributed by atoms with van der Waals surface area (Å²) in [7, 11) is 1.59. The molecule has 1 aliphatic heterocycles. The topological polar surface area (TPSA) is 60.2 Å². The van der Waals surface area contributed by atoms with Gasteiger partial charge in [0, 0.05) is 31.7 Å². The molecule has 1 unspecified atom stereocenters. The first-order valence-electron chi connectivity index (χ1n) is 8.96. The second-order valence-corrected chi connectivity index (χ2v) is 6.50. The van der Waals surface area contributed by atoms with Crippen LogP contribution in [0.15, 0.2) is 42.6 Å². The van der Waals surface area contributed by atoms with E-state index in [9.17, 15) is 4.79 Å². The number of likely N-dealkylation sites (tertiary alicyclic amines) is 1. The summed E-state index contributed by atoms with van der Waals surface area (Å²) in [6.07, 6.45) is 2.70. The summed E-state index contributed by atoms with van der Waals surface area (Å²) < 4.78 is 7.51. The number of nitrogens with zero attached hydrogens (tertiary/aromatic N) is 4. The molecule has 1 saturated heterocycles. The second kappa shape index (κ2) is 6.78. The summed E-state index contributed by atoms with van der Waals surface area (Å²) in [5, 5.41) is 0. The number of carbonyl (C=O) groups is 1. The van der Waals surface area contributed by atoms with Gasteiger partial charge in [-0.2, -0.15) is 0 Å². The van der Waals surface area contributed by atoms with E-state index in [2.05, 4.69) is 16.5 Å². The summed E-state index contributed by atoms with van der Waals surface area (Å²) in [4.78, 5) is 24.1. The van der Waals surface area contributed by atoms with Gasteiger partial charge in [-0.3, -0.25) is 4.79 Å². The number of pyridine rings is 1. The van der Waals surface area contributed by atoms with Gasteiger partial charge in [0.05, 0.1) is 12.7 Å². The molecule has 3 heterocycles. The number of rotatable bonds is 4. The number of hydrogen-bond donors (Lipinski definition) is 0. The molecule has 26 heavy (non-hydrogen) atoms. The zero-order valence-corrected chi connectivity index (χ0v) is 15.1. The molecular formula is C20H22N4O2. The number of aromatic nitrogens is 3. The van der Waals surface area contributed by atoms with E-state index in [1.165, 1.54) is 0 Å². The van der Waals surface area contributed by atoms with Gasteiger partial charge in [-0.15, -0.1) is 0 Å². The molecule has 4 rings (SSSR count). The molecule has 1 fully saturated rings. The molecule has 0 aliphatic carbocycles. The number of amides is 1. The number of methoxy groups -OCH3 is 1. The third-order valence-corrected chi connectivity index (χ3v) is 5.03. The highest BCUT2D eigenvalue weighted by molar-refractivity contribution is 5.97. The van der Waals surface area contributed by atoms with Crippen LogP contribution in [-0.2, 0) is 6.54 Å². The molecule has 134 valence electrons. The maximum absolute atomic E-state index is 12.9. The Morgan fingerprint density at radius 3 is 2.92 bits per heavy atom. The van der Waals surface area contributed by atoms with Crippen molar-refractivity contribution in [1.82, 2.24) is 19.4 Å². The quantitative estimate of drug-likeness (QED) is 0.725. The van der Waals surface area contributed by atoms with Crippen LogP contribution in [0, 0.1) is 0 Å². The average molecular weight is 350 g/mol. The minimum atomic E-state index is 0.0160. The molecule has 1 atom stereocenters. The van der Waals surface area contributed by atoms with Gasteiger partial charge in [0.25, 0.3) is 5.91 Å². The van der Waals surface area contributed by atoms with E-state index < -0.39 is 0 Å². The van der Waals surface area contributed by atoms with Gasteiger partial charge < -0.3 is 14.2 Å². The summed E-state index contributed by atoms with van der Waals surface area (Å²) >= 11 is 0. The van der Waals surface area contributed by atoms with E-state index >= 15 is 0 Å². The molecular weight excluding hydrogens is 328 g/mol. The molecule has 0 spiro atoms. The Balaban J connectivity index is 1.60. The maximum atomic E-state index is 12.9. The van der Waals surface area contributed by atoms with Crippen LogP contribution in [0.5, 0.6) is 5.75 Å². The Kier molecular flexibility index (Phi) is 4.32. The number of imidazole rings is 1. The Morgan fingerprint density at radius 1 is 1.27 bits per heavy atom. The van der Waals surface area contributed by atoms with Crippen LogP contribution in [0.2, 0.25) is 0 Å². The monoisotopic (exact) mass is 350 g/mol. The number of benzene rings is 1. The summed E-state index contributed by atoms with van der Waals surface area (Å²) in [6, 6.07) is 11.3. The van der Waals surface area contributed by atoms with Crippen molar-refractivity contribution in [3.8, 4) is 5.75 Å². The Hall–Kier alpha value is -2.89. The van der Waals surface area contributed by atoms with Gasteiger partial charge in [0.1, 0.15) is 17.1 Å². The molecule has 2 aromatic heterocycles. The molecule has 1 amide bonds. The van der Waals surface area contributed by atoms with E-state index in [1.54, 1.807) is 13.3 Å². The van der Waals surface area contributed by atoms with Crippen LogP contribution >= 0.6 is 0 Å². The van der Waals surface area contributed by atoms with E-state index in [1.807, 2.05) is 41.3 Å². The van der Waals surface area contributed by atoms with Crippen molar-refractivity contribution in [2.75, 3.05) is 20.2 Å². The molecule has 0 N–H and O–H groups in total. The number of carbonyl (C=O) groups excluding carboxylic acids is 1. The minimum Gasteiger partial charge on any atom is -0.496 e. The molecule has 0 radical (unpaired) electrons. The summed E-state index contributed by atoms with van der Waals surface area (Å²) in [5.41, 5.74) is 2.44.